The Morgan fingerprint density at radius 1 is 0.971 bits per heavy atom. The molecule has 0 aliphatic rings. The first-order valence-electron chi connectivity index (χ1n) is 10.7. The van der Waals surface area contributed by atoms with Crippen molar-refractivity contribution in [2.45, 2.75) is 12.8 Å². The highest BCUT2D eigenvalue weighted by molar-refractivity contribution is 5.94. The van der Waals surface area contributed by atoms with Crippen LogP contribution < -0.4 is 0 Å². The molecule has 0 aliphatic heterocycles. The Labute approximate surface area is 194 Å². The zero-order valence-corrected chi connectivity index (χ0v) is 18.1. The fourth-order valence-electron chi connectivity index (χ4n) is 3.49. The van der Waals surface area contributed by atoms with E-state index < -0.39 is 10.7 Å². The van der Waals surface area contributed by atoms with Crippen LogP contribution in [0.5, 0.6) is 0 Å². The molecule has 0 unspecified atom stereocenters. The zero-order chi connectivity index (χ0) is 23.9. The van der Waals surface area contributed by atoms with E-state index in [-0.39, 0.29) is 35.9 Å². The fraction of sp³-hybridized carbons (Fsp3) is 0.160. The molecule has 1 heterocycles. The Balaban J connectivity index is 1.48. The third-order valence-electron chi connectivity index (χ3n) is 5.25. The summed E-state index contributed by atoms with van der Waals surface area (Å²) in [5.74, 6) is -0.259. The summed E-state index contributed by atoms with van der Waals surface area (Å²) in [6.45, 7) is 0.698. The minimum atomic E-state index is -0.493. The van der Waals surface area contributed by atoms with Gasteiger partial charge in [-0.1, -0.05) is 53.7 Å². The van der Waals surface area contributed by atoms with E-state index in [2.05, 4.69) is 10.1 Å². The van der Waals surface area contributed by atoms with Gasteiger partial charge in [-0.2, -0.15) is 4.98 Å². The van der Waals surface area contributed by atoms with Gasteiger partial charge >= 0.3 is 0 Å². The predicted octanol–water partition coefficient (Wildman–Crippen LogP) is 4.71. The highest BCUT2D eigenvalue weighted by Crippen LogP contribution is 2.21. The Morgan fingerprint density at radius 3 is 2.50 bits per heavy atom. The van der Waals surface area contributed by atoms with Gasteiger partial charge in [-0.25, -0.2) is 4.39 Å². The lowest BCUT2D eigenvalue weighted by molar-refractivity contribution is -0.384. The number of carbonyl (C=O) groups is 1. The van der Waals surface area contributed by atoms with Crippen LogP contribution in [0.2, 0.25) is 0 Å². The van der Waals surface area contributed by atoms with Gasteiger partial charge in [-0.3, -0.25) is 14.9 Å². The summed E-state index contributed by atoms with van der Waals surface area (Å²) in [7, 11) is 0. The third kappa shape index (κ3) is 5.69. The molecule has 3 aromatic carbocycles. The van der Waals surface area contributed by atoms with E-state index in [1.165, 1.54) is 30.3 Å². The number of nitro benzene ring substituents is 1. The molecule has 34 heavy (non-hydrogen) atoms. The van der Waals surface area contributed by atoms with Crippen LogP contribution in [-0.4, -0.2) is 39.0 Å². The van der Waals surface area contributed by atoms with E-state index in [0.717, 1.165) is 5.56 Å². The smallest absolute Gasteiger partial charge is 0.270 e. The molecule has 0 aliphatic carbocycles. The van der Waals surface area contributed by atoms with Gasteiger partial charge in [0.25, 0.3) is 11.6 Å². The Kier molecular flexibility index (Phi) is 7.02. The molecule has 1 aromatic heterocycles. The summed E-state index contributed by atoms with van der Waals surface area (Å²) in [6.07, 6.45) is 0.905. The molecule has 0 fully saturated rings. The van der Waals surface area contributed by atoms with Crippen LogP contribution >= 0.6 is 0 Å². The van der Waals surface area contributed by atoms with Gasteiger partial charge in [-0.05, 0) is 30.2 Å². The number of nitro groups is 1. The fourth-order valence-corrected chi connectivity index (χ4v) is 3.49. The second-order valence-electron chi connectivity index (χ2n) is 7.61. The summed E-state index contributed by atoms with van der Waals surface area (Å²) in [4.78, 5) is 29.6. The van der Waals surface area contributed by atoms with E-state index in [1.54, 1.807) is 23.1 Å². The molecule has 0 bridgehead atoms. The van der Waals surface area contributed by atoms with Gasteiger partial charge in [-0.15, -0.1) is 0 Å². The molecule has 0 saturated carbocycles. The lowest BCUT2D eigenvalue weighted by Crippen LogP contribution is -2.35. The first kappa shape index (κ1) is 22.8. The number of aromatic nitrogens is 2. The van der Waals surface area contributed by atoms with E-state index in [0.29, 0.717) is 24.4 Å². The molecule has 0 N–H and O–H groups in total. The number of halogens is 1. The zero-order valence-electron chi connectivity index (χ0n) is 18.1. The number of nitrogens with zero attached hydrogens (tertiary/aromatic N) is 4. The topological polar surface area (TPSA) is 102 Å². The van der Waals surface area contributed by atoms with Crippen molar-refractivity contribution >= 4 is 11.6 Å². The average Bonchev–Trinajstić information content (AvgIpc) is 3.33. The molecule has 1 amide bonds. The normalized spacial score (nSPS) is 10.7. The van der Waals surface area contributed by atoms with Crippen molar-refractivity contribution in [2.75, 3.05) is 13.1 Å². The maximum absolute atomic E-state index is 13.7. The number of benzene rings is 3. The molecule has 4 aromatic rings. The quantitative estimate of drug-likeness (QED) is 0.265. The van der Waals surface area contributed by atoms with Crippen molar-refractivity contribution in [3.63, 3.8) is 0 Å². The van der Waals surface area contributed by atoms with Gasteiger partial charge in [0.05, 0.1) is 4.92 Å². The SMILES string of the molecule is O=C(c1cccc(F)c1)N(CCc1ccccc1)CCc1nc(-c2cccc([N+](=O)[O-])c2)no1. The summed E-state index contributed by atoms with van der Waals surface area (Å²) in [5.41, 5.74) is 1.72. The van der Waals surface area contributed by atoms with Crippen molar-refractivity contribution in [3.05, 3.63) is 112 Å². The van der Waals surface area contributed by atoms with Crippen molar-refractivity contribution in [3.8, 4) is 11.4 Å². The van der Waals surface area contributed by atoms with E-state index in [1.807, 2.05) is 30.3 Å². The van der Waals surface area contributed by atoms with Crippen LogP contribution in [0.25, 0.3) is 11.4 Å². The Morgan fingerprint density at radius 2 is 1.74 bits per heavy atom. The molecule has 0 saturated heterocycles. The molecule has 0 atom stereocenters. The number of rotatable bonds is 9. The lowest BCUT2D eigenvalue weighted by atomic mass is 10.1. The van der Waals surface area contributed by atoms with Gasteiger partial charge < -0.3 is 9.42 Å². The summed E-state index contributed by atoms with van der Waals surface area (Å²) in [6, 6.07) is 21.3. The monoisotopic (exact) mass is 460 g/mol. The number of hydrogen-bond acceptors (Lipinski definition) is 6. The van der Waals surface area contributed by atoms with E-state index in [9.17, 15) is 19.3 Å². The summed E-state index contributed by atoms with van der Waals surface area (Å²) in [5, 5.41) is 14.9. The van der Waals surface area contributed by atoms with Gasteiger partial charge in [0, 0.05) is 42.8 Å². The van der Waals surface area contributed by atoms with Crippen LogP contribution in [0.3, 0.4) is 0 Å². The number of amides is 1. The maximum Gasteiger partial charge on any atom is 0.270 e. The van der Waals surface area contributed by atoms with E-state index >= 15 is 0 Å². The van der Waals surface area contributed by atoms with Crippen molar-refractivity contribution in [1.82, 2.24) is 15.0 Å². The second kappa shape index (κ2) is 10.5. The van der Waals surface area contributed by atoms with Crippen LogP contribution in [0.1, 0.15) is 21.8 Å². The molecular formula is C25H21FN4O4. The first-order chi connectivity index (χ1) is 16.5. The molecule has 172 valence electrons. The van der Waals surface area contributed by atoms with Crippen molar-refractivity contribution in [1.29, 1.82) is 0 Å². The standard InChI is InChI=1S/C25H21FN4O4/c26-21-10-4-9-20(16-21)25(31)29(14-12-18-6-2-1-3-7-18)15-13-23-27-24(28-34-23)19-8-5-11-22(17-19)30(32)33/h1-11,16-17H,12-15H2. The van der Waals surface area contributed by atoms with Gasteiger partial charge in [0.1, 0.15) is 5.82 Å². The van der Waals surface area contributed by atoms with Crippen molar-refractivity contribution in [2.24, 2.45) is 0 Å². The summed E-state index contributed by atoms with van der Waals surface area (Å²) < 4.78 is 19.0. The molecule has 9 heteroatoms. The number of non-ortho nitro benzene ring substituents is 1. The largest absolute Gasteiger partial charge is 0.339 e. The highest BCUT2D eigenvalue weighted by atomic mass is 19.1. The molecule has 0 spiro atoms. The second-order valence-corrected chi connectivity index (χ2v) is 7.61. The Bertz CT molecular complexity index is 1290. The molecular weight excluding hydrogens is 439 g/mol. The van der Waals surface area contributed by atoms with E-state index in [4.69, 9.17) is 4.52 Å². The van der Waals surface area contributed by atoms with Crippen LogP contribution in [-0.2, 0) is 12.8 Å². The van der Waals surface area contributed by atoms with Crippen LogP contribution in [0.4, 0.5) is 10.1 Å². The molecule has 8 nitrogen and oxygen atoms in total. The Hall–Kier alpha value is -4.40. The summed E-state index contributed by atoms with van der Waals surface area (Å²) >= 11 is 0. The average molecular weight is 460 g/mol. The molecule has 0 radical (unpaired) electrons. The predicted molar refractivity (Wildman–Crippen MR) is 123 cm³/mol. The highest BCUT2D eigenvalue weighted by Gasteiger charge is 2.19. The minimum absolute atomic E-state index is 0.0726. The number of carbonyl (C=O) groups excluding carboxylic acids is 1. The molecule has 4 rings (SSSR count). The minimum Gasteiger partial charge on any atom is -0.339 e. The maximum atomic E-state index is 13.7. The van der Waals surface area contributed by atoms with Crippen LogP contribution in [0.15, 0.2) is 83.4 Å². The third-order valence-corrected chi connectivity index (χ3v) is 5.25. The number of hydrogen-bond donors (Lipinski definition) is 0. The van der Waals surface area contributed by atoms with Gasteiger partial charge in [0.15, 0.2) is 0 Å². The van der Waals surface area contributed by atoms with Gasteiger partial charge in [0.2, 0.25) is 11.7 Å². The first-order valence-corrected chi connectivity index (χ1v) is 10.7. The van der Waals surface area contributed by atoms with Crippen LogP contribution in [0, 0.1) is 15.9 Å². The van der Waals surface area contributed by atoms with Crippen molar-refractivity contribution < 1.29 is 18.6 Å². The lowest BCUT2D eigenvalue weighted by Gasteiger charge is -2.22.